The summed E-state index contributed by atoms with van der Waals surface area (Å²) in [7, 11) is 1.71. The summed E-state index contributed by atoms with van der Waals surface area (Å²) in [5.41, 5.74) is 0.809. The van der Waals surface area contributed by atoms with Gasteiger partial charge in [0.25, 0.3) is 11.8 Å². The van der Waals surface area contributed by atoms with Crippen LogP contribution in [0.4, 0.5) is 5.69 Å². The lowest BCUT2D eigenvalue weighted by Crippen LogP contribution is -2.55. The molecule has 2 bridgehead atoms. The predicted octanol–water partition coefficient (Wildman–Crippen LogP) is 1.41. The first-order valence-corrected chi connectivity index (χ1v) is 10.7. The Labute approximate surface area is 175 Å². The van der Waals surface area contributed by atoms with Crippen molar-refractivity contribution in [2.24, 2.45) is 17.8 Å². The number of amides is 3. The molecule has 0 unspecified atom stereocenters. The highest BCUT2D eigenvalue weighted by Crippen LogP contribution is 2.44. The average molecular weight is 413 g/mol. The molecule has 0 spiro atoms. The highest BCUT2D eigenvalue weighted by atomic mass is 16.5. The zero-order valence-electron chi connectivity index (χ0n) is 17.1. The number of hydrogen-bond donors (Lipinski definition) is 2. The topological polar surface area (TPSA) is 97.0 Å². The number of para-hydroxylation sites is 1. The van der Waals surface area contributed by atoms with E-state index in [0.29, 0.717) is 35.4 Å². The van der Waals surface area contributed by atoms with E-state index in [1.54, 1.807) is 25.3 Å². The number of ether oxygens (including phenoxy) is 2. The third kappa shape index (κ3) is 3.23. The molecule has 6 rings (SSSR count). The molecule has 160 valence electrons. The van der Waals surface area contributed by atoms with Gasteiger partial charge in [-0.25, -0.2) is 0 Å². The van der Waals surface area contributed by atoms with Crippen LogP contribution in [0.1, 0.15) is 36.0 Å². The van der Waals surface area contributed by atoms with Gasteiger partial charge in [0, 0.05) is 32.1 Å². The van der Waals surface area contributed by atoms with E-state index in [1.807, 2.05) is 4.90 Å². The molecule has 2 N–H and O–H groups in total. The van der Waals surface area contributed by atoms with Gasteiger partial charge in [-0.1, -0.05) is 6.07 Å². The quantitative estimate of drug-likeness (QED) is 0.761. The molecule has 3 heterocycles. The molecule has 1 aromatic carbocycles. The zero-order chi connectivity index (χ0) is 20.8. The van der Waals surface area contributed by atoms with Crippen molar-refractivity contribution in [1.82, 2.24) is 10.2 Å². The van der Waals surface area contributed by atoms with Crippen LogP contribution in [0.5, 0.6) is 5.75 Å². The summed E-state index contributed by atoms with van der Waals surface area (Å²) in [6.45, 7) is 1.39. The second-order valence-corrected chi connectivity index (χ2v) is 8.90. The molecular formula is C22H27N3O5. The molecule has 5 atom stereocenters. The summed E-state index contributed by atoms with van der Waals surface area (Å²) in [6, 6.07) is 5.19. The molecule has 2 saturated carbocycles. The Hall–Kier alpha value is -2.61. The van der Waals surface area contributed by atoms with Gasteiger partial charge < -0.3 is 25.0 Å². The predicted molar refractivity (Wildman–Crippen MR) is 108 cm³/mol. The minimum Gasteiger partial charge on any atom is -0.482 e. The monoisotopic (exact) mass is 413 g/mol. The summed E-state index contributed by atoms with van der Waals surface area (Å²) < 4.78 is 10.7. The number of nitrogens with one attached hydrogen (secondary N) is 2. The van der Waals surface area contributed by atoms with Crippen LogP contribution in [0, 0.1) is 17.8 Å². The highest BCUT2D eigenvalue weighted by Gasteiger charge is 2.55. The number of carbonyl (C=O) groups is 3. The molecule has 0 aromatic heterocycles. The summed E-state index contributed by atoms with van der Waals surface area (Å²) in [6.07, 6.45) is 3.80. The SMILES string of the molecule is COC[C@@H]1CC[C@H](C(=O)N2C[C@@H]3C[C@H]2[C@@H]3NC(=O)c2cccc3c2NC(=O)CO3)C1. The van der Waals surface area contributed by atoms with Gasteiger partial charge in [-0.05, 0) is 43.7 Å². The van der Waals surface area contributed by atoms with Gasteiger partial charge in [-0.3, -0.25) is 14.4 Å². The van der Waals surface area contributed by atoms with Crippen LogP contribution in [0.3, 0.4) is 0 Å². The molecule has 8 heteroatoms. The van der Waals surface area contributed by atoms with E-state index in [-0.39, 0.29) is 42.3 Å². The van der Waals surface area contributed by atoms with E-state index in [0.717, 1.165) is 32.3 Å². The van der Waals surface area contributed by atoms with Gasteiger partial charge in [0.1, 0.15) is 5.75 Å². The number of carbonyl (C=O) groups excluding carboxylic acids is 3. The standard InChI is InChI=1S/C22H27N3O5/c1-29-10-12-5-6-13(7-12)22(28)25-9-14-8-16(25)19(14)24-21(27)15-3-2-4-17-20(15)23-18(26)11-30-17/h2-4,12-14,16,19H,5-11H2,1H3,(H,23,26)(H,24,27)/t12-,13+,14+,16+,19-/m1/s1. The number of fused-ring (bicyclic) bond motifs is 2. The van der Waals surface area contributed by atoms with E-state index in [2.05, 4.69) is 10.6 Å². The molecule has 30 heavy (non-hydrogen) atoms. The van der Waals surface area contributed by atoms with Crippen LogP contribution in [0.2, 0.25) is 0 Å². The van der Waals surface area contributed by atoms with Crippen molar-refractivity contribution in [1.29, 1.82) is 0 Å². The van der Waals surface area contributed by atoms with Crippen molar-refractivity contribution in [3.8, 4) is 5.75 Å². The van der Waals surface area contributed by atoms with E-state index in [9.17, 15) is 14.4 Å². The van der Waals surface area contributed by atoms with E-state index in [4.69, 9.17) is 9.47 Å². The van der Waals surface area contributed by atoms with Crippen molar-refractivity contribution in [2.75, 3.05) is 32.2 Å². The molecule has 8 nitrogen and oxygen atoms in total. The van der Waals surface area contributed by atoms with Gasteiger partial charge in [-0.15, -0.1) is 0 Å². The Morgan fingerprint density at radius 3 is 3.00 bits per heavy atom. The lowest BCUT2D eigenvalue weighted by molar-refractivity contribution is -0.136. The van der Waals surface area contributed by atoms with Crippen molar-refractivity contribution in [2.45, 2.75) is 37.8 Å². The Morgan fingerprint density at radius 1 is 1.30 bits per heavy atom. The number of rotatable bonds is 5. The first-order chi connectivity index (χ1) is 14.5. The molecular weight excluding hydrogens is 386 g/mol. The minimum atomic E-state index is -0.272. The van der Waals surface area contributed by atoms with Crippen molar-refractivity contribution >= 4 is 23.4 Å². The van der Waals surface area contributed by atoms with Crippen LogP contribution in [0.15, 0.2) is 18.2 Å². The number of benzene rings is 1. The maximum Gasteiger partial charge on any atom is 0.262 e. The maximum atomic E-state index is 13.1. The molecule has 2 aliphatic carbocycles. The van der Waals surface area contributed by atoms with Crippen LogP contribution >= 0.6 is 0 Å². The van der Waals surface area contributed by atoms with E-state index < -0.39 is 0 Å². The van der Waals surface area contributed by atoms with E-state index in [1.165, 1.54) is 0 Å². The molecule has 4 fully saturated rings. The van der Waals surface area contributed by atoms with Crippen molar-refractivity contribution in [3.63, 3.8) is 0 Å². The van der Waals surface area contributed by atoms with Crippen molar-refractivity contribution in [3.05, 3.63) is 23.8 Å². The lowest BCUT2D eigenvalue weighted by Gasteiger charge is -2.37. The molecule has 1 aromatic rings. The van der Waals surface area contributed by atoms with Crippen LogP contribution in [0.25, 0.3) is 0 Å². The largest absolute Gasteiger partial charge is 0.482 e. The van der Waals surface area contributed by atoms with Gasteiger partial charge >= 0.3 is 0 Å². The number of methoxy groups -OCH3 is 1. The first-order valence-electron chi connectivity index (χ1n) is 10.7. The Bertz CT molecular complexity index is 888. The van der Waals surface area contributed by atoms with Crippen LogP contribution in [-0.4, -0.2) is 61.6 Å². The third-order valence-corrected chi connectivity index (χ3v) is 7.07. The molecule has 3 amide bonds. The lowest BCUT2D eigenvalue weighted by atomic mass is 9.79. The van der Waals surface area contributed by atoms with Gasteiger partial charge in [0.15, 0.2) is 6.61 Å². The fourth-order valence-corrected chi connectivity index (χ4v) is 5.52. The number of hydrogen-bond acceptors (Lipinski definition) is 5. The highest BCUT2D eigenvalue weighted by molar-refractivity contribution is 6.06. The number of nitrogens with zero attached hydrogens (tertiary/aromatic N) is 1. The summed E-state index contributed by atoms with van der Waals surface area (Å²) in [5.74, 6) is 1.06. The normalized spacial score (nSPS) is 31.4. The fraction of sp³-hybridized carbons (Fsp3) is 0.591. The fourth-order valence-electron chi connectivity index (χ4n) is 5.52. The molecule has 5 aliphatic rings. The average Bonchev–Trinajstić information content (AvgIpc) is 3.46. The molecule has 0 radical (unpaired) electrons. The second kappa shape index (κ2) is 7.58. The first kappa shape index (κ1) is 19.4. The Kier molecular flexibility index (Phi) is 4.89. The molecule has 2 saturated heterocycles. The van der Waals surface area contributed by atoms with Gasteiger partial charge in [0.2, 0.25) is 5.91 Å². The van der Waals surface area contributed by atoms with Crippen LogP contribution < -0.4 is 15.4 Å². The zero-order valence-corrected chi connectivity index (χ0v) is 17.1. The van der Waals surface area contributed by atoms with Gasteiger partial charge in [-0.2, -0.15) is 0 Å². The second-order valence-electron chi connectivity index (χ2n) is 8.90. The maximum absolute atomic E-state index is 13.1. The molecule has 3 aliphatic heterocycles. The smallest absolute Gasteiger partial charge is 0.262 e. The van der Waals surface area contributed by atoms with Gasteiger partial charge in [0.05, 0.1) is 23.3 Å². The van der Waals surface area contributed by atoms with E-state index >= 15 is 0 Å². The van der Waals surface area contributed by atoms with Crippen LogP contribution in [-0.2, 0) is 14.3 Å². The summed E-state index contributed by atoms with van der Waals surface area (Å²) >= 11 is 0. The van der Waals surface area contributed by atoms with Crippen molar-refractivity contribution < 1.29 is 23.9 Å². The number of anilines is 1. The summed E-state index contributed by atoms with van der Waals surface area (Å²) in [5, 5.41) is 5.84. The Balaban J connectivity index is 1.24. The minimum absolute atomic E-state index is 0.0336. The Morgan fingerprint density at radius 2 is 2.17 bits per heavy atom. The third-order valence-electron chi connectivity index (χ3n) is 7.07. The summed E-state index contributed by atoms with van der Waals surface area (Å²) in [4.78, 5) is 39.7.